The van der Waals surface area contributed by atoms with E-state index in [0.29, 0.717) is 0 Å². The fourth-order valence-corrected chi connectivity index (χ4v) is 1.57. The topological polar surface area (TPSA) is 102 Å². The molecule has 1 N–H and O–H groups in total. The van der Waals surface area contributed by atoms with Crippen molar-refractivity contribution in [3.8, 4) is 0 Å². The second kappa shape index (κ2) is 9.28. The van der Waals surface area contributed by atoms with Crippen molar-refractivity contribution in [2.45, 2.75) is 27.7 Å². The summed E-state index contributed by atoms with van der Waals surface area (Å²) in [6, 6.07) is 0. The van der Waals surface area contributed by atoms with E-state index < -0.39 is 16.3 Å². The molecule has 0 aromatic carbocycles. The fourth-order valence-electron chi connectivity index (χ4n) is 1.57. The van der Waals surface area contributed by atoms with Crippen molar-refractivity contribution in [2.75, 3.05) is 6.61 Å². The molecule has 0 aliphatic heterocycles. The number of hydrogen-bond acceptors (Lipinski definition) is 5. The van der Waals surface area contributed by atoms with Gasteiger partial charge in [-0.05, 0) is 13.0 Å². The lowest BCUT2D eigenvalue weighted by molar-refractivity contribution is -0.379. The third-order valence-electron chi connectivity index (χ3n) is 2.53. The monoisotopic (exact) mass is 308 g/mol. The Morgan fingerprint density at radius 2 is 2.09 bits per heavy atom. The van der Waals surface area contributed by atoms with Crippen molar-refractivity contribution in [2.24, 2.45) is 0 Å². The molecule has 120 valence electrons. The second-order valence-electron chi connectivity index (χ2n) is 3.79. The van der Waals surface area contributed by atoms with Crippen LogP contribution in [0.4, 0.5) is 0 Å². The second-order valence-corrected chi connectivity index (χ2v) is 3.79. The molecule has 0 spiro atoms. The summed E-state index contributed by atoms with van der Waals surface area (Å²) >= 11 is 0. The molecule has 1 rings (SSSR count). The minimum absolute atomic E-state index is 0.000229. The van der Waals surface area contributed by atoms with Crippen LogP contribution >= 0.6 is 0 Å². The Balaban J connectivity index is 0.00000211. The van der Waals surface area contributed by atoms with Crippen molar-refractivity contribution in [1.82, 2.24) is 4.98 Å². The molecule has 0 aliphatic rings. The van der Waals surface area contributed by atoms with E-state index in [1.807, 2.05) is 13.8 Å². The summed E-state index contributed by atoms with van der Waals surface area (Å²) in [5.41, 5.74) is -1.08. The molecule has 0 fully saturated rings. The highest BCUT2D eigenvalue weighted by Gasteiger charge is 2.15. The Labute approximate surface area is 127 Å². The number of pyridine rings is 1. The van der Waals surface area contributed by atoms with Gasteiger partial charge in [-0.3, -0.25) is 14.9 Å². The summed E-state index contributed by atoms with van der Waals surface area (Å²) in [7, 11) is 0. The Morgan fingerprint density at radius 1 is 1.50 bits per heavy atom. The first-order valence-corrected chi connectivity index (χ1v) is 6.80. The van der Waals surface area contributed by atoms with Crippen LogP contribution in [0, 0.1) is 10.1 Å². The molecule has 0 unspecified atom stereocenters. The molecule has 1 aromatic heterocycles. The lowest BCUT2D eigenvalue weighted by Crippen LogP contribution is -2.45. The minimum Gasteiger partial charge on any atom is -0.462 e. The fraction of sp³-hybridized carbons (Fsp3) is 0.333. The van der Waals surface area contributed by atoms with Gasteiger partial charge in [-0.2, -0.15) is 0 Å². The Bertz CT molecular complexity index is 731. The lowest BCUT2D eigenvalue weighted by atomic mass is 10.2. The van der Waals surface area contributed by atoms with Gasteiger partial charge >= 0.3 is 5.97 Å². The van der Waals surface area contributed by atoms with Gasteiger partial charge in [0, 0.05) is 13.1 Å². The van der Waals surface area contributed by atoms with Gasteiger partial charge in [0.15, 0.2) is 0 Å². The number of hydrogen-bond donors (Lipinski definition) is 1. The molecule has 0 bridgehead atoms. The molecule has 1 aromatic rings. The maximum Gasteiger partial charge on any atom is 0.343 e. The van der Waals surface area contributed by atoms with Crippen molar-refractivity contribution in [3.05, 3.63) is 55.3 Å². The molecule has 0 saturated carbocycles. The number of ether oxygens (including phenoxy) is 1. The summed E-state index contributed by atoms with van der Waals surface area (Å²) in [6.45, 7) is 10.4. The van der Waals surface area contributed by atoms with Crippen molar-refractivity contribution < 1.29 is 14.5 Å². The zero-order valence-corrected chi connectivity index (χ0v) is 13.1. The van der Waals surface area contributed by atoms with Gasteiger partial charge in [-0.15, -0.1) is 0 Å². The molecule has 0 aliphatic carbocycles. The molecule has 1 heterocycles. The molecular weight excluding hydrogens is 288 g/mol. The van der Waals surface area contributed by atoms with E-state index in [1.165, 1.54) is 19.1 Å². The van der Waals surface area contributed by atoms with Gasteiger partial charge in [-0.1, -0.05) is 26.5 Å². The first-order chi connectivity index (χ1) is 10.4. The standard InChI is InChI=1S/C13H14N2O5.C2H6/c1-4-6-9-11(8(3)15(18)19)14-7-10(12(9)16)13(17)20-5-2;1-2/h4,6-7,14H,1,5H2,2-3H3;1-2H3/b9-6+,11-8-;. The number of rotatable bonds is 4. The molecule has 0 radical (unpaired) electrons. The number of nitrogens with zero attached hydrogens (tertiary/aromatic N) is 1. The minimum atomic E-state index is -0.780. The first kappa shape index (κ1) is 19.3. The van der Waals surface area contributed by atoms with E-state index in [0.717, 1.165) is 6.20 Å². The number of allylic oxidation sites excluding steroid dienone is 1. The average Bonchev–Trinajstić information content (AvgIpc) is 2.50. The maximum absolute atomic E-state index is 12.2. The highest BCUT2D eigenvalue weighted by molar-refractivity contribution is 5.88. The average molecular weight is 308 g/mol. The Hall–Kier alpha value is -2.70. The van der Waals surface area contributed by atoms with E-state index in [4.69, 9.17) is 4.74 Å². The van der Waals surface area contributed by atoms with E-state index in [1.54, 1.807) is 6.92 Å². The largest absolute Gasteiger partial charge is 0.462 e. The van der Waals surface area contributed by atoms with E-state index in [-0.39, 0.29) is 28.4 Å². The van der Waals surface area contributed by atoms with Crippen LogP contribution in [-0.2, 0) is 4.74 Å². The van der Waals surface area contributed by atoms with Crippen molar-refractivity contribution in [1.29, 1.82) is 0 Å². The predicted octanol–water partition coefficient (Wildman–Crippen LogP) is 0.949. The molecule has 0 amide bonds. The third-order valence-corrected chi connectivity index (χ3v) is 2.53. The summed E-state index contributed by atoms with van der Waals surface area (Å²) in [5.74, 6) is -0.780. The normalized spacial score (nSPS) is 11.9. The van der Waals surface area contributed by atoms with Gasteiger partial charge in [-0.25, -0.2) is 4.79 Å². The van der Waals surface area contributed by atoms with Crippen LogP contribution in [0.25, 0.3) is 11.8 Å². The molecular formula is C15H20N2O5. The molecule has 0 atom stereocenters. The van der Waals surface area contributed by atoms with Crippen LogP contribution in [-0.4, -0.2) is 22.5 Å². The zero-order chi connectivity index (χ0) is 17.3. The molecule has 0 saturated heterocycles. The van der Waals surface area contributed by atoms with Gasteiger partial charge in [0.25, 0.3) is 5.70 Å². The molecule has 7 heteroatoms. The number of nitrogens with one attached hydrogen (secondary N) is 1. The number of aromatic amines is 1. The SMILES string of the molecule is C=C/C=c1/c(=O)c(C(=O)OCC)c[nH]/c1=C(/C)[N+](=O)[O-].CC. The number of H-pyrrole nitrogens is 1. The van der Waals surface area contributed by atoms with Gasteiger partial charge < -0.3 is 9.72 Å². The Morgan fingerprint density at radius 3 is 2.55 bits per heavy atom. The van der Waals surface area contributed by atoms with Crippen LogP contribution < -0.4 is 16.0 Å². The number of esters is 1. The highest BCUT2D eigenvalue weighted by atomic mass is 16.6. The number of carbonyl (C=O) groups excluding carboxylic acids is 1. The summed E-state index contributed by atoms with van der Waals surface area (Å²) in [4.78, 5) is 36.6. The number of aromatic nitrogens is 1. The first-order valence-electron chi connectivity index (χ1n) is 6.80. The van der Waals surface area contributed by atoms with Crippen molar-refractivity contribution in [3.63, 3.8) is 0 Å². The van der Waals surface area contributed by atoms with Crippen LogP contribution in [0.1, 0.15) is 38.1 Å². The Kier molecular flexibility index (Phi) is 8.14. The predicted molar refractivity (Wildman–Crippen MR) is 84.4 cm³/mol. The van der Waals surface area contributed by atoms with Crippen LogP contribution in [0.2, 0.25) is 0 Å². The maximum atomic E-state index is 12.2. The lowest BCUT2D eigenvalue weighted by Gasteiger charge is -2.01. The number of nitro groups is 1. The van der Waals surface area contributed by atoms with Gasteiger partial charge in [0.05, 0.1) is 16.7 Å². The number of carbonyl (C=O) groups is 1. The van der Waals surface area contributed by atoms with E-state index in [2.05, 4.69) is 11.6 Å². The van der Waals surface area contributed by atoms with Crippen LogP contribution in [0.5, 0.6) is 0 Å². The highest BCUT2D eigenvalue weighted by Crippen LogP contribution is 1.92. The molecule has 7 nitrogen and oxygen atoms in total. The van der Waals surface area contributed by atoms with Crippen LogP contribution in [0.3, 0.4) is 0 Å². The summed E-state index contributed by atoms with van der Waals surface area (Å²) in [6.07, 6.45) is 3.74. The smallest absolute Gasteiger partial charge is 0.343 e. The quantitative estimate of drug-likeness (QED) is 0.507. The van der Waals surface area contributed by atoms with E-state index in [9.17, 15) is 19.7 Å². The van der Waals surface area contributed by atoms with Crippen molar-refractivity contribution >= 4 is 17.7 Å². The van der Waals surface area contributed by atoms with Crippen LogP contribution in [0.15, 0.2) is 23.6 Å². The molecule has 22 heavy (non-hydrogen) atoms. The zero-order valence-electron chi connectivity index (χ0n) is 13.1. The third kappa shape index (κ3) is 4.41. The summed E-state index contributed by atoms with van der Waals surface area (Å²) < 4.78 is 4.75. The summed E-state index contributed by atoms with van der Waals surface area (Å²) in [5, 5.41) is 10.8. The van der Waals surface area contributed by atoms with Gasteiger partial charge in [0.2, 0.25) is 5.43 Å². The van der Waals surface area contributed by atoms with E-state index >= 15 is 0 Å². The van der Waals surface area contributed by atoms with Gasteiger partial charge in [0.1, 0.15) is 10.9 Å².